The van der Waals surface area contributed by atoms with Crippen LogP contribution in [0.1, 0.15) is 27.3 Å². The van der Waals surface area contributed by atoms with Crippen LogP contribution in [-0.4, -0.2) is 30.5 Å². The first-order chi connectivity index (χ1) is 17.2. The summed E-state index contributed by atoms with van der Waals surface area (Å²) in [6.45, 7) is 0.319. The molecule has 0 radical (unpaired) electrons. The second kappa shape index (κ2) is 11.8. The number of pyridine rings is 1. The van der Waals surface area contributed by atoms with Gasteiger partial charge in [-0.3, -0.25) is 9.59 Å². The Kier molecular flexibility index (Phi) is 8.04. The lowest BCUT2D eigenvalue weighted by Gasteiger charge is -2.16. The first-order valence-electron chi connectivity index (χ1n) is 11.2. The zero-order valence-corrected chi connectivity index (χ0v) is 19.4. The van der Waals surface area contributed by atoms with Crippen LogP contribution in [0.3, 0.4) is 0 Å². The summed E-state index contributed by atoms with van der Waals surface area (Å²) < 4.78 is 16.7. The number of nitrogens with zero attached hydrogens (tertiary/aromatic N) is 1. The van der Waals surface area contributed by atoms with Crippen molar-refractivity contribution < 1.29 is 23.8 Å². The molecule has 1 amide bonds. The highest BCUT2D eigenvalue weighted by atomic mass is 16.5. The number of rotatable bonds is 10. The fourth-order valence-electron chi connectivity index (χ4n) is 3.61. The van der Waals surface area contributed by atoms with Crippen LogP contribution in [0, 0.1) is 0 Å². The largest absolute Gasteiger partial charge is 0.486 e. The van der Waals surface area contributed by atoms with Gasteiger partial charge in [0.15, 0.2) is 11.4 Å². The predicted molar refractivity (Wildman–Crippen MR) is 132 cm³/mol. The van der Waals surface area contributed by atoms with Crippen molar-refractivity contribution in [3.05, 3.63) is 107 Å². The highest BCUT2D eigenvalue weighted by Gasteiger charge is 2.21. The molecule has 0 aliphatic rings. The van der Waals surface area contributed by atoms with E-state index in [0.29, 0.717) is 11.4 Å². The molecule has 1 aromatic heterocycles. The molecule has 0 saturated heterocycles. The predicted octanol–water partition coefficient (Wildman–Crippen LogP) is 4.43. The lowest BCUT2D eigenvalue weighted by atomic mass is 10.1. The topological polar surface area (TPSA) is 86.8 Å². The van der Waals surface area contributed by atoms with Gasteiger partial charge in [-0.15, -0.1) is 0 Å². The van der Waals surface area contributed by atoms with E-state index < -0.39 is 11.9 Å². The maximum Gasteiger partial charge on any atom is 0.325 e. The molecule has 35 heavy (non-hydrogen) atoms. The second-order valence-electron chi connectivity index (χ2n) is 7.82. The Bertz CT molecular complexity index is 1290. The number of aromatic nitrogens is 1. The van der Waals surface area contributed by atoms with Crippen LogP contribution < -0.4 is 10.1 Å². The minimum absolute atomic E-state index is 0.0857. The summed E-state index contributed by atoms with van der Waals surface area (Å²) in [5.41, 5.74) is 2.51. The van der Waals surface area contributed by atoms with Gasteiger partial charge in [-0.1, -0.05) is 84.9 Å². The lowest BCUT2D eigenvalue weighted by molar-refractivity contribution is -0.143. The Morgan fingerprint density at radius 3 is 2.03 bits per heavy atom. The molecule has 0 atom stereocenters. The Labute approximate surface area is 203 Å². The summed E-state index contributed by atoms with van der Waals surface area (Å²) >= 11 is 0. The number of methoxy groups -OCH3 is 1. The molecule has 0 spiro atoms. The Morgan fingerprint density at radius 1 is 0.771 bits per heavy atom. The van der Waals surface area contributed by atoms with Crippen LogP contribution in [0.5, 0.6) is 5.75 Å². The first-order valence-corrected chi connectivity index (χ1v) is 11.2. The molecule has 7 heteroatoms. The monoisotopic (exact) mass is 470 g/mol. The molecule has 1 N–H and O–H groups in total. The molecular weight excluding hydrogens is 444 g/mol. The molecule has 0 aliphatic heterocycles. The fraction of sp³-hybridized carbons (Fsp3) is 0.179. The van der Waals surface area contributed by atoms with E-state index in [4.69, 9.17) is 14.2 Å². The minimum atomic E-state index is -0.549. The smallest absolute Gasteiger partial charge is 0.325 e. The van der Waals surface area contributed by atoms with Gasteiger partial charge >= 0.3 is 5.97 Å². The van der Waals surface area contributed by atoms with Gasteiger partial charge < -0.3 is 19.5 Å². The van der Waals surface area contributed by atoms with E-state index in [0.717, 1.165) is 21.9 Å². The van der Waals surface area contributed by atoms with Crippen molar-refractivity contribution in [3.8, 4) is 5.75 Å². The molecule has 0 unspecified atom stereocenters. The van der Waals surface area contributed by atoms with Crippen molar-refractivity contribution in [3.63, 3.8) is 0 Å². The third-order valence-corrected chi connectivity index (χ3v) is 5.30. The van der Waals surface area contributed by atoms with Gasteiger partial charge in [0.1, 0.15) is 19.8 Å². The van der Waals surface area contributed by atoms with E-state index in [-0.39, 0.29) is 32.1 Å². The van der Waals surface area contributed by atoms with E-state index in [1.807, 2.05) is 84.9 Å². The number of benzene rings is 3. The van der Waals surface area contributed by atoms with Crippen molar-refractivity contribution in [2.75, 3.05) is 13.7 Å². The molecule has 0 aliphatic carbocycles. The molecule has 0 bridgehead atoms. The molecule has 0 saturated carbocycles. The van der Waals surface area contributed by atoms with Crippen molar-refractivity contribution in [1.29, 1.82) is 0 Å². The second-order valence-corrected chi connectivity index (χ2v) is 7.82. The fourth-order valence-corrected chi connectivity index (χ4v) is 3.61. The quantitative estimate of drug-likeness (QED) is 0.345. The van der Waals surface area contributed by atoms with Gasteiger partial charge in [0.2, 0.25) is 0 Å². The average Bonchev–Trinajstić information content (AvgIpc) is 2.91. The Morgan fingerprint density at radius 2 is 1.37 bits per heavy atom. The number of carbonyl (C=O) groups is 2. The normalized spacial score (nSPS) is 10.7. The number of hydrogen-bond donors (Lipinski definition) is 1. The third kappa shape index (κ3) is 6.22. The van der Waals surface area contributed by atoms with Crippen LogP contribution in [0.25, 0.3) is 10.8 Å². The maximum atomic E-state index is 13.2. The molecule has 178 valence electrons. The van der Waals surface area contributed by atoms with Crippen LogP contribution in [0.4, 0.5) is 0 Å². The van der Waals surface area contributed by atoms with E-state index in [2.05, 4.69) is 10.3 Å². The minimum Gasteiger partial charge on any atom is -0.486 e. The summed E-state index contributed by atoms with van der Waals surface area (Å²) in [5.74, 6) is -0.737. The highest BCUT2D eigenvalue weighted by molar-refractivity contribution is 6.03. The van der Waals surface area contributed by atoms with Crippen LogP contribution in [0.2, 0.25) is 0 Å². The highest BCUT2D eigenvalue weighted by Crippen LogP contribution is 2.32. The number of ether oxygens (including phenoxy) is 3. The van der Waals surface area contributed by atoms with Gasteiger partial charge in [-0.25, -0.2) is 4.98 Å². The number of amides is 1. The number of hydrogen-bond acceptors (Lipinski definition) is 6. The van der Waals surface area contributed by atoms with E-state index in [9.17, 15) is 9.59 Å². The van der Waals surface area contributed by atoms with E-state index >= 15 is 0 Å². The molecule has 7 nitrogen and oxygen atoms in total. The van der Waals surface area contributed by atoms with Crippen molar-refractivity contribution in [1.82, 2.24) is 10.3 Å². The first kappa shape index (κ1) is 23.9. The van der Waals surface area contributed by atoms with Crippen molar-refractivity contribution in [2.45, 2.75) is 19.8 Å². The van der Waals surface area contributed by atoms with Gasteiger partial charge in [-0.2, -0.15) is 0 Å². The number of esters is 1. The van der Waals surface area contributed by atoms with Gasteiger partial charge in [0, 0.05) is 17.9 Å². The van der Waals surface area contributed by atoms with Gasteiger partial charge in [0.25, 0.3) is 5.91 Å². The summed E-state index contributed by atoms with van der Waals surface area (Å²) in [6, 6.07) is 26.5. The Balaban J connectivity index is 1.55. The maximum absolute atomic E-state index is 13.2. The van der Waals surface area contributed by atoms with E-state index in [1.165, 1.54) is 0 Å². The summed E-state index contributed by atoms with van der Waals surface area (Å²) in [5, 5.41) is 4.18. The zero-order valence-electron chi connectivity index (χ0n) is 19.4. The molecule has 0 fully saturated rings. The zero-order chi connectivity index (χ0) is 24.5. The molecular formula is C28H26N2O5. The lowest BCUT2D eigenvalue weighted by Crippen LogP contribution is -2.31. The SMILES string of the molecule is COCc1nc(C(=O)NCC(=O)OCc2ccccc2)c(OCc2ccccc2)c2ccccc12. The summed E-state index contributed by atoms with van der Waals surface area (Å²) in [6.07, 6.45) is 0. The van der Waals surface area contributed by atoms with E-state index in [1.54, 1.807) is 7.11 Å². The average molecular weight is 471 g/mol. The summed E-state index contributed by atoms with van der Waals surface area (Å²) in [4.78, 5) is 29.9. The van der Waals surface area contributed by atoms with Crippen molar-refractivity contribution >= 4 is 22.6 Å². The van der Waals surface area contributed by atoms with Crippen LogP contribution in [-0.2, 0) is 34.1 Å². The molecule has 1 heterocycles. The van der Waals surface area contributed by atoms with Crippen LogP contribution in [0.15, 0.2) is 84.9 Å². The third-order valence-electron chi connectivity index (χ3n) is 5.30. The standard InChI is InChI=1S/C28H26N2O5/c1-33-19-24-22-14-8-9-15-23(22)27(35-18-21-12-6-3-7-13-21)26(30-24)28(32)29-16-25(31)34-17-20-10-4-2-5-11-20/h2-15H,16-19H2,1H3,(H,29,32). The molecule has 3 aromatic carbocycles. The number of nitrogens with one attached hydrogen (secondary N) is 1. The van der Waals surface area contributed by atoms with Crippen LogP contribution >= 0.6 is 0 Å². The van der Waals surface area contributed by atoms with Crippen molar-refractivity contribution in [2.24, 2.45) is 0 Å². The molecule has 4 rings (SSSR count). The number of fused-ring (bicyclic) bond motifs is 1. The summed E-state index contributed by atoms with van der Waals surface area (Å²) in [7, 11) is 1.57. The Hall–Kier alpha value is -4.23. The van der Waals surface area contributed by atoms with Gasteiger partial charge in [-0.05, 0) is 11.1 Å². The van der Waals surface area contributed by atoms with Gasteiger partial charge in [0.05, 0.1) is 12.3 Å². The number of carbonyl (C=O) groups excluding carboxylic acids is 2. The molecule has 4 aromatic rings.